The van der Waals surface area contributed by atoms with Crippen LogP contribution in [0.4, 0.5) is 0 Å². The molecular weight excluding hydrogens is 390 g/mol. The number of rotatable bonds is 8. The molecule has 136 valence electrons. The molecule has 1 N–H and O–H groups in total. The fourth-order valence-corrected chi connectivity index (χ4v) is 4.58. The number of thiophene rings is 1. The number of carbonyl (C=O) groups excluding carboxylic acids is 1. The maximum absolute atomic E-state index is 12.3. The van der Waals surface area contributed by atoms with E-state index in [1.54, 1.807) is 29.5 Å². The van der Waals surface area contributed by atoms with Crippen LogP contribution in [0.3, 0.4) is 0 Å². The second-order valence-corrected chi connectivity index (χ2v) is 8.57. The second kappa shape index (κ2) is 9.16. The van der Waals surface area contributed by atoms with Crippen molar-refractivity contribution in [3.63, 3.8) is 0 Å². The van der Waals surface area contributed by atoms with E-state index in [1.165, 1.54) is 4.88 Å². The van der Waals surface area contributed by atoms with Gasteiger partial charge in [-0.15, -0.1) is 11.3 Å². The van der Waals surface area contributed by atoms with E-state index >= 15 is 0 Å². The van der Waals surface area contributed by atoms with Crippen molar-refractivity contribution >= 4 is 39.6 Å². The Morgan fingerprint density at radius 2 is 1.96 bits per heavy atom. The number of hydrogen-bond donors (Lipinski definition) is 1. The summed E-state index contributed by atoms with van der Waals surface area (Å²) in [5.41, 5.74) is 0.839. The first-order valence-corrected chi connectivity index (χ1v) is 10.8. The summed E-state index contributed by atoms with van der Waals surface area (Å²) in [6, 6.07) is 14.7. The summed E-state index contributed by atoms with van der Waals surface area (Å²) in [4.78, 5) is 13.3. The summed E-state index contributed by atoms with van der Waals surface area (Å²) in [6.45, 7) is 0.549. The van der Waals surface area contributed by atoms with Crippen molar-refractivity contribution in [1.82, 2.24) is 5.32 Å². The van der Waals surface area contributed by atoms with Gasteiger partial charge in [0.1, 0.15) is 5.76 Å². The zero-order valence-electron chi connectivity index (χ0n) is 13.9. The van der Waals surface area contributed by atoms with Crippen LogP contribution in [0.2, 0.25) is 5.02 Å². The summed E-state index contributed by atoms with van der Waals surface area (Å²) in [6.07, 6.45) is 0.791. The topological polar surface area (TPSA) is 59.3 Å². The van der Waals surface area contributed by atoms with Crippen molar-refractivity contribution < 1.29 is 13.4 Å². The molecule has 1 atom stereocenters. The molecule has 4 nitrogen and oxygen atoms in total. The highest BCUT2D eigenvalue weighted by Crippen LogP contribution is 2.19. The summed E-state index contributed by atoms with van der Waals surface area (Å²) < 4.78 is 17.8. The van der Waals surface area contributed by atoms with Gasteiger partial charge in [0.05, 0.1) is 11.5 Å². The number of amides is 1. The molecular formula is C19H18ClNO3S2. The van der Waals surface area contributed by atoms with Crippen molar-refractivity contribution in [3.8, 4) is 0 Å². The van der Waals surface area contributed by atoms with Crippen LogP contribution in [-0.2, 0) is 28.7 Å². The van der Waals surface area contributed by atoms with Crippen LogP contribution in [0.5, 0.6) is 0 Å². The molecule has 0 unspecified atom stereocenters. The van der Waals surface area contributed by atoms with E-state index < -0.39 is 10.8 Å². The number of halogens is 1. The number of carbonyl (C=O) groups is 1. The molecule has 0 aliphatic heterocycles. The van der Waals surface area contributed by atoms with Gasteiger partial charge in [0.15, 0.2) is 5.76 Å². The summed E-state index contributed by atoms with van der Waals surface area (Å²) >= 11 is 7.76. The van der Waals surface area contributed by atoms with Gasteiger partial charge >= 0.3 is 0 Å². The van der Waals surface area contributed by atoms with Crippen molar-refractivity contribution in [2.75, 3.05) is 6.54 Å². The summed E-state index contributed by atoms with van der Waals surface area (Å²) in [5.74, 6) is 1.10. The highest BCUT2D eigenvalue weighted by Gasteiger charge is 2.13. The molecule has 26 heavy (non-hydrogen) atoms. The highest BCUT2D eigenvalue weighted by molar-refractivity contribution is 7.83. The molecule has 0 spiro atoms. The maximum atomic E-state index is 12.3. The first-order valence-electron chi connectivity index (χ1n) is 8.09. The fourth-order valence-electron chi connectivity index (χ4n) is 2.42. The number of nitrogens with one attached hydrogen (secondary N) is 1. The minimum atomic E-state index is -1.17. The molecule has 3 aromatic rings. The zero-order chi connectivity index (χ0) is 18.4. The molecule has 0 bridgehead atoms. The molecule has 1 aromatic carbocycles. The van der Waals surface area contributed by atoms with Gasteiger partial charge in [0.25, 0.3) is 5.91 Å². The molecule has 0 saturated heterocycles. The van der Waals surface area contributed by atoms with E-state index in [2.05, 4.69) is 5.32 Å². The molecule has 0 aliphatic carbocycles. The van der Waals surface area contributed by atoms with Gasteiger partial charge in [0, 0.05) is 27.2 Å². The van der Waals surface area contributed by atoms with Crippen LogP contribution in [0.15, 0.2) is 58.3 Å². The van der Waals surface area contributed by atoms with Crippen molar-refractivity contribution in [2.24, 2.45) is 0 Å². The Morgan fingerprint density at radius 3 is 2.73 bits per heavy atom. The highest BCUT2D eigenvalue weighted by atomic mass is 35.5. The predicted molar refractivity (Wildman–Crippen MR) is 106 cm³/mol. The minimum Gasteiger partial charge on any atom is -0.455 e. The molecule has 0 radical (unpaired) electrons. The van der Waals surface area contributed by atoms with Crippen LogP contribution in [0.1, 0.15) is 26.8 Å². The molecule has 7 heteroatoms. The normalized spacial score (nSPS) is 12.0. The zero-order valence-corrected chi connectivity index (χ0v) is 16.3. The molecule has 2 aromatic heterocycles. The van der Waals surface area contributed by atoms with Crippen LogP contribution < -0.4 is 5.32 Å². The lowest BCUT2D eigenvalue weighted by atomic mass is 10.2. The average Bonchev–Trinajstić information content (AvgIpc) is 3.29. The Bertz CT molecular complexity index is 890. The van der Waals surface area contributed by atoms with Gasteiger partial charge in [-0.3, -0.25) is 9.00 Å². The van der Waals surface area contributed by atoms with Crippen molar-refractivity contribution in [3.05, 3.63) is 80.9 Å². The van der Waals surface area contributed by atoms with E-state index in [1.807, 2.05) is 35.7 Å². The van der Waals surface area contributed by atoms with E-state index in [0.717, 1.165) is 12.0 Å². The largest absolute Gasteiger partial charge is 0.455 e. The first kappa shape index (κ1) is 18.9. The lowest BCUT2D eigenvalue weighted by Gasteiger charge is -2.04. The molecule has 3 rings (SSSR count). The van der Waals surface area contributed by atoms with Crippen LogP contribution >= 0.6 is 22.9 Å². The first-order chi connectivity index (χ1) is 12.6. The summed E-state index contributed by atoms with van der Waals surface area (Å²) in [5, 5.41) is 5.45. The van der Waals surface area contributed by atoms with Gasteiger partial charge in [-0.25, -0.2) is 0 Å². The van der Waals surface area contributed by atoms with Crippen LogP contribution in [-0.4, -0.2) is 16.7 Å². The van der Waals surface area contributed by atoms with E-state index in [4.69, 9.17) is 16.0 Å². The maximum Gasteiger partial charge on any atom is 0.287 e. The summed E-state index contributed by atoms with van der Waals surface area (Å²) in [7, 11) is -1.17. The quantitative estimate of drug-likeness (QED) is 0.601. The number of furan rings is 1. The Kier molecular flexibility index (Phi) is 6.66. The number of hydrogen-bond acceptors (Lipinski definition) is 4. The van der Waals surface area contributed by atoms with Crippen LogP contribution in [0.25, 0.3) is 0 Å². The van der Waals surface area contributed by atoms with Crippen LogP contribution in [0, 0.1) is 0 Å². The SMILES string of the molecule is O=C(NCCc1cccs1)c1ccc(C[S@](=O)Cc2ccccc2Cl)o1. The third-order valence-electron chi connectivity index (χ3n) is 3.70. The smallest absolute Gasteiger partial charge is 0.287 e. The minimum absolute atomic E-state index is 0.237. The van der Waals surface area contributed by atoms with E-state index in [-0.39, 0.29) is 17.4 Å². The van der Waals surface area contributed by atoms with Crippen molar-refractivity contribution in [2.45, 2.75) is 17.9 Å². The lowest BCUT2D eigenvalue weighted by molar-refractivity contribution is 0.0925. The van der Waals surface area contributed by atoms with Gasteiger partial charge in [-0.05, 0) is 41.6 Å². The van der Waals surface area contributed by atoms with Gasteiger partial charge in [-0.1, -0.05) is 35.9 Å². The molecule has 0 saturated carbocycles. The standard InChI is InChI=1S/C19H18ClNO3S2/c20-17-6-2-1-4-14(17)12-26(23)13-15-7-8-18(24-15)19(22)21-10-9-16-5-3-11-25-16/h1-8,11H,9-10,12-13H2,(H,21,22)/t26-/m1/s1. The van der Waals surface area contributed by atoms with Gasteiger partial charge < -0.3 is 9.73 Å². The number of benzene rings is 1. The third-order valence-corrected chi connectivity index (χ3v) is 6.24. The van der Waals surface area contributed by atoms with Gasteiger partial charge in [-0.2, -0.15) is 0 Å². The van der Waals surface area contributed by atoms with Gasteiger partial charge in [0.2, 0.25) is 0 Å². The molecule has 0 fully saturated rings. The average molecular weight is 408 g/mol. The Hall–Kier alpha value is -1.89. The Labute approximate surface area is 163 Å². The monoisotopic (exact) mass is 407 g/mol. The Balaban J connectivity index is 1.49. The fraction of sp³-hybridized carbons (Fsp3) is 0.211. The van der Waals surface area contributed by atoms with Crippen molar-refractivity contribution in [1.29, 1.82) is 0 Å². The molecule has 1 amide bonds. The molecule has 0 aliphatic rings. The molecule has 2 heterocycles. The second-order valence-electron chi connectivity index (χ2n) is 5.67. The predicted octanol–water partition coefficient (Wildman–Crippen LogP) is 4.42. The third kappa shape index (κ3) is 5.30. The van der Waals surface area contributed by atoms with E-state index in [0.29, 0.717) is 23.1 Å². The van der Waals surface area contributed by atoms with E-state index in [9.17, 15) is 9.00 Å². The lowest BCUT2D eigenvalue weighted by Crippen LogP contribution is -2.25. The Morgan fingerprint density at radius 1 is 1.12 bits per heavy atom.